The maximum Gasteiger partial charge on any atom is 0.175 e. The zero-order valence-electron chi connectivity index (χ0n) is 9.90. The second-order valence-corrected chi connectivity index (χ2v) is 4.16. The molecule has 0 amide bonds. The highest BCUT2D eigenvalue weighted by atomic mass is 19.1. The number of hydrogen-bond donors (Lipinski definition) is 0. The highest BCUT2D eigenvalue weighted by molar-refractivity contribution is 5.99. The van der Waals surface area contributed by atoms with Crippen LogP contribution < -0.4 is 4.74 Å². The SMILES string of the molecule is COc1cccc(C(=O)C2CCOC2C)c1F. The number of benzene rings is 1. The molecule has 17 heavy (non-hydrogen) atoms. The Bertz CT molecular complexity index is 431. The molecular weight excluding hydrogens is 223 g/mol. The summed E-state index contributed by atoms with van der Waals surface area (Å²) in [4.78, 5) is 12.2. The van der Waals surface area contributed by atoms with Gasteiger partial charge in [0.2, 0.25) is 0 Å². The zero-order chi connectivity index (χ0) is 12.4. The topological polar surface area (TPSA) is 35.5 Å². The molecule has 1 aliphatic rings. The van der Waals surface area contributed by atoms with Gasteiger partial charge in [-0.1, -0.05) is 6.07 Å². The second-order valence-electron chi connectivity index (χ2n) is 4.16. The first-order chi connectivity index (χ1) is 8.15. The van der Waals surface area contributed by atoms with Crippen molar-refractivity contribution in [2.75, 3.05) is 13.7 Å². The summed E-state index contributed by atoms with van der Waals surface area (Å²) in [6, 6.07) is 4.61. The summed E-state index contributed by atoms with van der Waals surface area (Å²) in [6.45, 7) is 2.40. The van der Waals surface area contributed by atoms with Crippen molar-refractivity contribution >= 4 is 5.78 Å². The van der Waals surface area contributed by atoms with Crippen LogP contribution in [0.5, 0.6) is 5.75 Å². The Balaban J connectivity index is 2.30. The average Bonchev–Trinajstić information content (AvgIpc) is 2.75. The Morgan fingerprint density at radius 1 is 1.53 bits per heavy atom. The summed E-state index contributed by atoms with van der Waals surface area (Å²) >= 11 is 0. The molecule has 0 radical (unpaired) electrons. The van der Waals surface area contributed by atoms with Crippen LogP contribution in [0.4, 0.5) is 4.39 Å². The molecule has 1 aromatic carbocycles. The number of carbonyl (C=O) groups is 1. The third kappa shape index (κ3) is 2.17. The minimum Gasteiger partial charge on any atom is -0.494 e. The molecule has 2 atom stereocenters. The van der Waals surface area contributed by atoms with E-state index in [0.717, 1.165) is 0 Å². The van der Waals surface area contributed by atoms with Gasteiger partial charge in [0.25, 0.3) is 0 Å². The maximum absolute atomic E-state index is 13.9. The first-order valence-corrected chi connectivity index (χ1v) is 5.63. The molecular formula is C13H15FO3. The van der Waals surface area contributed by atoms with Crippen molar-refractivity contribution in [1.29, 1.82) is 0 Å². The van der Waals surface area contributed by atoms with Gasteiger partial charge in [-0.25, -0.2) is 4.39 Å². The van der Waals surface area contributed by atoms with Crippen molar-refractivity contribution in [2.24, 2.45) is 5.92 Å². The summed E-state index contributed by atoms with van der Waals surface area (Å²) in [7, 11) is 1.38. The van der Waals surface area contributed by atoms with Gasteiger partial charge in [-0.05, 0) is 25.5 Å². The van der Waals surface area contributed by atoms with E-state index in [4.69, 9.17) is 9.47 Å². The highest BCUT2D eigenvalue weighted by Crippen LogP contribution is 2.28. The predicted octanol–water partition coefficient (Wildman–Crippen LogP) is 2.44. The van der Waals surface area contributed by atoms with Crippen LogP contribution >= 0.6 is 0 Å². The number of methoxy groups -OCH3 is 1. The van der Waals surface area contributed by atoms with Crippen molar-refractivity contribution < 1.29 is 18.7 Å². The number of carbonyl (C=O) groups excluding carboxylic acids is 1. The molecule has 4 heteroatoms. The van der Waals surface area contributed by atoms with Crippen molar-refractivity contribution in [2.45, 2.75) is 19.4 Å². The lowest BCUT2D eigenvalue weighted by Crippen LogP contribution is -2.22. The average molecular weight is 238 g/mol. The molecule has 2 rings (SSSR count). The largest absolute Gasteiger partial charge is 0.494 e. The van der Waals surface area contributed by atoms with E-state index < -0.39 is 5.82 Å². The molecule has 1 aliphatic heterocycles. The smallest absolute Gasteiger partial charge is 0.175 e. The lowest BCUT2D eigenvalue weighted by atomic mass is 9.92. The Morgan fingerprint density at radius 2 is 2.29 bits per heavy atom. The summed E-state index contributed by atoms with van der Waals surface area (Å²) < 4.78 is 24.1. The number of ketones is 1. The molecule has 0 aliphatic carbocycles. The molecule has 1 heterocycles. The molecule has 1 aromatic rings. The van der Waals surface area contributed by atoms with Gasteiger partial charge < -0.3 is 9.47 Å². The van der Waals surface area contributed by atoms with Crippen LogP contribution in [0.2, 0.25) is 0 Å². The van der Waals surface area contributed by atoms with Crippen LogP contribution in [0.1, 0.15) is 23.7 Å². The van der Waals surface area contributed by atoms with Crippen LogP contribution in [-0.2, 0) is 4.74 Å². The van der Waals surface area contributed by atoms with Crippen LogP contribution in [0.25, 0.3) is 0 Å². The van der Waals surface area contributed by atoms with Gasteiger partial charge in [0.05, 0.1) is 24.7 Å². The van der Waals surface area contributed by atoms with Gasteiger partial charge in [0.15, 0.2) is 17.3 Å². The Hall–Kier alpha value is -1.42. The maximum atomic E-state index is 13.9. The number of rotatable bonds is 3. The monoisotopic (exact) mass is 238 g/mol. The molecule has 0 aromatic heterocycles. The summed E-state index contributed by atoms with van der Waals surface area (Å²) in [5.41, 5.74) is 0.0895. The number of hydrogen-bond acceptors (Lipinski definition) is 3. The Morgan fingerprint density at radius 3 is 2.88 bits per heavy atom. The summed E-state index contributed by atoms with van der Waals surface area (Å²) in [6.07, 6.45) is 0.504. The van der Waals surface area contributed by atoms with E-state index >= 15 is 0 Å². The molecule has 3 nitrogen and oxygen atoms in total. The fourth-order valence-electron chi connectivity index (χ4n) is 2.13. The number of halogens is 1. The fraction of sp³-hybridized carbons (Fsp3) is 0.462. The van der Waals surface area contributed by atoms with Crippen molar-refractivity contribution in [3.05, 3.63) is 29.6 Å². The zero-order valence-corrected chi connectivity index (χ0v) is 9.90. The van der Waals surface area contributed by atoms with Crippen LogP contribution in [0.3, 0.4) is 0 Å². The molecule has 1 fully saturated rings. The van der Waals surface area contributed by atoms with E-state index in [2.05, 4.69) is 0 Å². The fourth-order valence-corrected chi connectivity index (χ4v) is 2.13. The lowest BCUT2D eigenvalue weighted by Gasteiger charge is -2.14. The summed E-state index contributed by atoms with van der Waals surface area (Å²) in [5.74, 6) is -0.940. The van der Waals surface area contributed by atoms with Crippen molar-refractivity contribution in [3.63, 3.8) is 0 Å². The molecule has 1 saturated heterocycles. The quantitative estimate of drug-likeness (QED) is 0.759. The molecule has 2 unspecified atom stereocenters. The Labute approximate surface area is 99.5 Å². The highest BCUT2D eigenvalue weighted by Gasteiger charge is 2.33. The molecule has 0 spiro atoms. The van der Waals surface area contributed by atoms with Gasteiger partial charge >= 0.3 is 0 Å². The van der Waals surface area contributed by atoms with Gasteiger partial charge in [0.1, 0.15) is 0 Å². The molecule has 92 valence electrons. The van der Waals surface area contributed by atoms with E-state index in [1.807, 2.05) is 6.92 Å². The molecule has 0 N–H and O–H groups in total. The first kappa shape index (κ1) is 12.0. The summed E-state index contributed by atoms with van der Waals surface area (Å²) in [5, 5.41) is 0. The van der Waals surface area contributed by atoms with Crippen LogP contribution in [0.15, 0.2) is 18.2 Å². The minimum atomic E-state index is -0.584. The molecule has 0 saturated carbocycles. The number of ether oxygens (including phenoxy) is 2. The van der Waals surface area contributed by atoms with Crippen LogP contribution in [0, 0.1) is 11.7 Å². The van der Waals surface area contributed by atoms with Gasteiger partial charge in [0, 0.05) is 6.61 Å². The van der Waals surface area contributed by atoms with E-state index in [9.17, 15) is 9.18 Å². The van der Waals surface area contributed by atoms with Gasteiger partial charge in [-0.3, -0.25) is 4.79 Å². The lowest BCUT2D eigenvalue weighted by molar-refractivity contribution is 0.0760. The number of Topliss-reactive ketones (excluding diaryl/α,β-unsaturated/α-hetero) is 1. The Kier molecular flexibility index (Phi) is 3.43. The first-order valence-electron chi connectivity index (χ1n) is 5.63. The van der Waals surface area contributed by atoms with E-state index in [1.165, 1.54) is 19.2 Å². The third-order valence-electron chi connectivity index (χ3n) is 3.16. The third-order valence-corrected chi connectivity index (χ3v) is 3.16. The van der Waals surface area contributed by atoms with E-state index in [0.29, 0.717) is 13.0 Å². The minimum absolute atomic E-state index is 0.0895. The van der Waals surface area contributed by atoms with Gasteiger partial charge in [-0.2, -0.15) is 0 Å². The predicted molar refractivity (Wildman–Crippen MR) is 60.8 cm³/mol. The molecule has 0 bridgehead atoms. The van der Waals surface area contributed by atoms with E-state index in [1.54, 1.807) is 6.07 Å². The van der Waals surface area contributed by atoms with E-state index in [-0.39, 0.29) is 29.1 Å². The normalized spacial score (nSPS) is 23.7. The van der Waals surface area contributed by atoms with Crippen molar-refractivity contribution in [1.82, 2.24) is 0 Å². The van der Waals surface area contributed by atoms with Crippen LogP contribution in [-0.4, -0.2) is 25.6 Å². The standard InChI is InChI=1S/C13H15FO3/c1-8-9(6-7-17-8)13(15)10-4-3-5-11(16-2)12(10)14/h3-5,8-9H,6-7H2,1-2H3. The second kappa shape index (κ2) is 4.84. The van der Waals surface area contributed by atoms with Crippen molar-refractivity contribution in [3.8, 4) is 5.75 Å². The van der Waals surface area contributed by atoms with Gasteiger partial charge in [-0.15, -0.1) is 0 Å².